The lowest BCUT2D eigenvalue weighted by Gasteiger charge is -2.23. The summed E-state index contributed by atoms with van der Waals surface area (Å²) in [5.74, 6) is 0.664. The fourth-order valence-corrected chi connectivity index (χ4v) is 5.50. The van der Waals surface area contributed by atoms with E-state index in [9.17, 15) is 0 Å². The van der Waals surface area contributed by atoms with Crippen LogP contribution in [0.1, 0.15) is 45.7 Å². The third kappa shape index (κ3) is 4.32. The molecule has 0 unspecified atom stereocenters. The molecule has 0 spiro atoms. The van der Waals surface area contributed by atoms with Crippen molar-refractivity contribution >= 4 is 32.3 Å². The number of nitrogens with zero attached hydrogens (tertiary/aromatic N) is 1. The Morgan fingerprint density at radius 2 is 1.58 bits per heavy atom. The highest BCUT2D eigenvalue weighted by molar-refractivity contribution is 7.16. The van der Waals surface area contributed by atoms with Crippen molar-refractivity contribution in [2.75, 3.05) is 0 Å². The van der Waals surface area contributed by atoms with Gasteiger partial charge in [0.25, 0.3) is 0 Å². The average molecular weight is 450 g/mol. The summed E-state index contributed by atoms with van der Waals surface area (Å²) in [6.45, 7) is 11.4. The summed E-state index contributed by atoms with van der Waals surface area (Å²) in [5.41, 5.74) is 7.56. The Hall–Kier alpha value is -2.97. The number of aromatic nitrogens is 1. The van der Waals surface area contributed by atoms with Crippen LogP contribution in [0.2, 0.25) is 0 Å². The largest absolute Gasteiger partial charge is 0.237 e. The van der Waals surface area contributed by atoms with Crippen molar-refractivity contribution in [3.8, 4) is 22.4 Å². The maximum atomic E-state index is 5.10. The van der Waals surface area contributed by atoms with Crippen LogP contribution < -0.4 is 0 Å². The molecule has 0 fully saturated rings. The lowest BCUT2D eigenvalue weighted by atomic mass is 9.82. The van der Waals surface area contributed by atoms with Crippen LogP contribution in [0.15, 0.2) is 78.2 Å². The van der Waals surface area contributed by atoms with Crippen LogP contribution in [0.25, 0.3) is 43.4 Å². The first-order valence-electron chi connectivity index (χ1n) is 11.8. The summed E-state index contributed by atoms with van der Waals surface area (Å²) in [5, 5.41) is 5.98. The van der Waals surface area contributed by atoms with Crippen LogP contribution in [0.4, 0.5) is 0 Å². The maximum Gasteiger partial charge on any atom is 0.124 e. The zero-order valence-corrected chi connectivity index (χ0v) is 21.0. The first-order valence-corrected chi connectivity index (χ1v) is 12.7. The fourth-order valence-electron chi connectivity index (χ4n) is 4.71. The molecule has 166 valence electrons. The third-order valence-electron chi connectivity index (χ3n) is 6.31. The summed E-state index contributed by atoms with van der Waals surface area (Å²) < 4.78 is 0. The summed E-state index contributed by atoms with van der Waals surface area (Å²) in [6, 6.07) is 26.9. The van der Waals surface area contributed by atoms with Gasteiger partial charge in [0, 0.05) is 10.9 Å². The monoisotopic (exact) mass is 449 g/mol. The fraction of sp³-hybridized carbons (Fsp3) is 0.258. The van der Waals surface area contributed by atoms with Crippen molar-refractivity contribution in [1.82, 2.24) is 4.98 Å². The molecule has 0 amide bonds. The number of fused-ring (bicyclic) bond motifs is 2. The standard InChI is InChI=1S/C31H31NS/c1-20(2)16-21-10-12-22(13-11-21)27-19-29(32-30-26(27)14-15-33-30)24-17-23-8-6-7-9-25(23)28(18-24)31(3,4)5/h6-15,17-20H,16H2,1-5H3. The number of hydrogen-bond donors (Lipinski definition) is 0. The SMILES string of the molecule is CC(C)Cc1ccc(-c2cc(-c3cc(C(C)(C)C)c4ccccc4c3)nc3sccc23)cc1. The predicted molar refractivity (Wildman–Crippen MR) is 145 cm³/mol. The van der Waals surface area contributed by atoms with Crippen LogP contribution in [0.5, 0.6) is 0 Å². The van der Waals surface area contributed by atoms with E-state index in [4.69, 9.17) is 4.98 Å². The van der Waals surface area contributed by atoms with Crippen LogP contribution >= 0.6 is 11.3 Å². The van der Waals surface area contributed by atoms with E-state index in [2.05, 4.69) is 113 Å². The molecule has 2 heteroatoms. The molecule has 0 radical (unpaired) electrons. The van der Waals surface area contributed by atoms with Crippen LogP contribution in [0.3, 0.4) is 0 Å². The smallest absolute Gasteiger partial charge is 0.124 e. The Morgan fingerprint density at radius 3 is 2.30 bits per heavy atom. The molecule has 0 N–H and O–H groups in total. The summed E-state index contributed by atoms with van der Waals surface area (Å²) in [7, 11) is 0. The molecular formula is C31H31NS. The van der Waals surface area contributed by atoms with Gasteiger partial charge in [0.15, 0.2) is 0 Å². The highest BCUT2D eigenvalue weighted by atomic mass is 32.1. The minimum atomic E-state index is 0.0533. The molecule has 0 saturated carbocycles. The van der Waals surface area contributed by atoms with Crippen LogP contribution in [-0.4, -0.2) is 4.98 Å². The van der Waals surface area contributed by atoms with Gasteiger partial charge < -0.3 is 0 Å². The average Bonchev–Trinajstić information content (AvgIpc) is 3.26. The number of benzene rings is 3. The number of thiophene rings is 1. The summed E-state index contributed by atoms with van der Waals surface area (Å²) in [6.07, 6.45) is 1.11. The highest BCUT2D eigenvalue weighted by Gasteiger charge is 2.19. The summed E-state index contributed by atoms with van der Waals surface area (Å²) >= 11 is 1.72. The zero-order valence-electron chi connectivity index (χ0n) is 20.1. The number of rotatable bonds is 4. The van der Waals surface area contributed by atoms with E-state index in [1.165, 1.54) is 44.0 Å². The van der Waals surface area contributed by atoms with Gasteiger partial charge in [-0.25, -0.2) is 4.98 Å². The van der Waals surface area contributed by atoms with Crippen LogP contribution in [-0.2, 0) is 11.8 Å². The minimum Gasteiger partial charge on any atom is -0.237 e. The zero-order chi connectivity index (χ0) is 23.2. The number of hydrogen-bond acceptors (Lipinski definition) is 2. The molecule has 0 atom stereocenters. The molecule has 2 aromatic heterocycles. The van der Waals surface area contributed by atoms with Crippen molar-refractivity contribution in [3.63, 3.8) is 0 Å². The van der Waals surface area contributed by atoms with Gasteiger partial charge in [-0.15, -0.1) is 11.3 Å². The molecule has 0 aliphatic carbocycles. The molecule has 1 nitrogen and oxygen atoms in total. The van der Waals surface area contributed by atoms with Crippen molar-refractivity contribution in [2.45, 2.75) is 46.5 Å². The van der Waals surface area contributed by atoms with E-state index in [0.717, 1.165) is 16.9 Å². The normalized spacial score (nSPS) is 12.2. The molecule has 33 heavy (non-hydrogen) atoms. The first-order chi connectivity index (χ1) is 15.8. The molecule has 2 heterocycles. The van der Waals surface area contributed by atoms with Gasteiger partial charge in [-0.05, 0) is 80.4 Å². The molecule has 0 aliphatic rings. The Kier molecular flexibility index (Phi) is 5.58. The predicted octanol–water partition coefficient (Wildman–Crippen LogP) is 9.28. The van der Waals surface area contributed by atoms with Gasteiger partial charge in [-0.1, -0.05) is 83.1 Å². The van der Waals surface area contributed by atoms with Gasteiger partial charge in [0.05, 0.1) is 5.69 Å². The number of pyridine rings is 1. The maximum absolute atomic E-state index is 5.10. The van der Waals surface area contributed by atoms with Crippen LogP contribution in [0, 0.1) is 5.92 Å². The Labute approximate surface area is 201 Å². The van der Waals surface area contributed by atoms with Crippen molar-refractivity contribution in [3.05, 3.63) is 89.3 Å². The lowest BCUT2D eigenvalue weighted by molar-refractivity contribution is 0.596. The van der Waals surface area contributed by atoms with Gasteiger partial charge in [-0.2, -0.15) is 0 Å². The second-order valence-electron chi connectivity index (χ2n) is 10.5. The van der Waals surface area contributed by atoms with Gasteiger partial charge in [-0.3, -0.25) is 0 Å². The molecule has 0 aliphatic heterocycles. The topological polar surface area (TPSA) is 12.9 Å². The van der Waals surface area contributed by atoms with Crippen molar-refractivity contribution in [1.29, 1.82) is 0 Å². The second-order valence-corrected chi connectivity index (χ2v) is 11.4. The van der Waals surface area contributed by atoms with E-state index in [1.54, 1.807) is 11.3 Å². The quantitative estimate of drug-likeness (QED) is 0.266. The van der Waals surface area contributed by atoms with Gasteiger partial charge in [0.1, 0.15) is 4.83 Å². The molecular weight excluding hydrogens is 418 g/mol. The molecule has 0 saturated heterocycles. The van der Waals surface area contributed by atoms with Gasteiger partial charge in [0.2, 0.25) is 0 Å². The van der Waals surface area contributed by atoms with Crippen molar-refractivity contribution < 1.29 is 0 Å². The summed E-state index contributed by atoms with van der Waals surface area (Å²) in [4.78, 5) is 6.19. The molecule has 0 bridgehead atoms. The van der Waals surface area contributed by atoms with Gasteiger partial charge >= 0.3 is 0 Å². The lowest BCUT2D eigenvalue weighted by Crippen LogP contribution is -2.12. The third-order valence-corrected chi connectivity index (χ3v) is 7.12. The molecule has 3 aromatic carbocycles. The molecule has 5 rings (SSSR count). The second kappa shape index (κ2) is 8.43. The highest BCUT2D eigenvalue weighted by Crippen LogP contribution is 2.38. The van der Waals surface area contributed by atoms with E-state index < -0.39 is 0 Å². The minimum absolute atomic E-state index is 0.0533. The Morgan fingerprint density at radius 1 is 0.818 bits per heavy atom. The Bertz CT molecular complexity index is 1430. The molecule has 5 aromatic rings. The van der Waals surface area contributed by atoms with E-state index in [0.29, 0.717) is 5.92 Å². The first kappa shape index (κ1) is 21.9. The van der Waals surface area contributed by atoms with Crippen molar-refractivity contribution in [2.24, 2.45) is 5.92 Å². The Balaban J connectivity index is 1.69. The van der Waals surface area contributed by atoms with E-state index in [1.807, 2.05) is 0 Å². The van der Waals surface area contributed by atoms with E-state index >= 15 is 0 Å². The van der Waals surface area contributed by atoms with E-state index in [-0.39, 0.29) is 5.41 Å².